The van der Waals surface area contributed by atoms with Gasteiger partial charge in [0, 0.05) is 12.1 Å². The van der Waals surface area contributed by atoms with E-state index >= 15 is 0 Å². The van der Waals surface area contributed by atoms with Gasteiger partial charge in [-0.15, -0.1) is 0 Å². The van der Waals surface area contributed by atoms with Crippen molar-refractivity contribution >= 4 is 35.3 Å². The van der Waals surface area contributed by atoms with Crippen molar-refractivity contribution in [3.05, 3.63) is 106 Å². The first-order valence-corrected chi connectivity index (χ1v) is 9.85. The Kier molecular flexibility index (Phi) is 5.94. The van der Waals surface area contributed by atoms with E-state index in [2.05, 4.69) is 5.32 Å². The molecule has 3 aromatic carbocycles. The van der Waals surface area contributed by atoms with Gasteiger partial charge in [0.15, 0.2) is 0 Å². The van der Waals surface area contributed by atoms with Crippen LogP contribution in [0.3, 0.4) is 0 Å². The summed E-state index contributed by atoms with van der Waals surface area (Å²) in [6.07, 6.45) is 1.39. The summed E-state index contributed by atoms with van der Waals surface area (Å²) < 4.78 is 5.73. The number of carbonyl (C=O) groups excluding carboxylic acids is 3. The van der Waals surface area contributed by atoms with Gasteiger partial charge in [0.1, 0.15) is 17.9 Å². The molecular weight excluding hydrogens is 426 g/mol. The maximum atomic E-state index is 12.9. The number of non-ortho nitro benzene ring substituents is 1. The van der Waals surface area contributed by atoms with Gasteiger partial charge in [0.05, 0.1) is 10.6 Å². The molecular formula is C24H17N3O6. The minimum Gasteiger partial charge on any atom is -0.489 e. The second-order valence-electron chi connectivity index (χ2n) is 7.08. The molecule has 0 atom stereocenters. The molecule has 164 valence electrons. The van der Waals surface area contributed by atoms with Crippen molar-refractivity contribution in [3.8, 4) is 5.75 Å². The molecule has 1 heterocycles. The largest absolute Gasteiger partial charge is 0.489 e. The molecule has 4 rings (SSSR count). The van der Waals surface area contributed by atoms with Gasteiger partial charge in [-0.3, -0.25) is 25.0 Å². The van der Waals surface area contributed by atoms with Gasteiger partial charge in [0.2, 0.25) is 0 Å². The van der Waals surface area contributed by atoms with Crippen LogP contribution >= 0.6 is 0 Å². The molecule has 1 aliphatic heterocycles. The summed E-state index contributed by atoms with van der Waals surface area (Å²) >= 11 is 0. The Bertz CT molecular complexity index is 1270. The van der Waals surface area contributed by atoms with E-state index in [1.54, 1.807) is 66.7 Å². The Hall–Kier alpha value is -4.79. The third-order valence-electron chi connectivity index (χ3n) is 4.84. The minimum absolute atomic E-state index is 0.00849. The number of nitro groups is 1. The zero-order valence-corrected chi connectivity index (χ0v) is 17.1. The average molecular weight is 443 g/mol. The van der Waals surface area contributed by atoms with Crippen molar-refractivity contribution in [2.24, 2.45) is 0 Å². The van der Waals surface area contributed by atoms with Crippen molar-refractivity contribution < 1.29 is 24.0 Å². The lowest BCUT2D eigenvalue weighted by Gasteiger charge is -2.26. The molecule has 3 aromatic rings. The summed E-state index contributed by atoms with van der Waals surface area (Å²) in [5, 5.41) is 12.9. The Morgan fingerprint density at radius 3 is 2.36 bits per heavy atom. The highest BCUT2D eigenvalue weighted by molar-refractivity contribution is 6.39. The van der Waals surface area contributed by atoms with Crippen LogP contribution < -0.4 is 15.0 Å². The van der Waals surface area contributed by atoms with Crippen LogP contribution in [0.15, 0.2) is 84.4 Å². The predicted molar refractivity (Wildman–Crippen MR) is 119 cm³/mol. The number of nitrogens with zero attached hydrogens (tertiary/aromatic N) is 2. The van der Waals surface area contributed by atoms with Crippen LogP contribution in [0.2, 0.25) is 0 Å². The van der Waals surface area contributed by atoms with Crippen molar-refractivity contribution in [1.82, 2.24) is 5.32 Å². The highest BCUT2D eigenvalue weighted by atomic mass is 16.6. The zero-order valence-electron chi connectivity index (χ0n) is 17.1. The zero-order chi connectivity index (χ0) is 23.4. The first kappa shape index (κ1) is 21.4. The van der Waals surface area contributed by atoms with Crippen LogP contribution in [0.5, 0.6) is 5.75 Å². The quantitative estimate of drug-likeness (QED) is 0.268. The fourth-order valence-corrected chi connectivity index (χ4v) is 3.21. The molecule has 9 heteroatoms. The van der Waals surface area contributed by atoms with Crippen molar-refractivity contribution in [2.45, 2.75) is 6.61 Å². The molecule has 0 unspecified atom stereocenters. The van der Waals surface area contributed by atoms with Gasteiger partial charge in [-0.25, -0.2) is 9.69 Å². The number of benzene rings is 3. The van der Waals surface area contributed by atoms with E-state index in [0.29, 0.717) is 17.0 Å². The van der Waals surface area contributed by atoms with Crippen molar-refractivity contribution in [1.29, 1.82) is 0 Å². The topological polar surface area (TPSA) is 119 Å². The second-order valence-corrected chi connectivity index (χ2v) is 7.08. The van der Waals surface area contributed by atoms with E-state index in [-0.39, 0.29) is 17.9 Å². The number of amides is 4. The van der Waals surface area contributed by atoms with Gasteiger partial charge < -0.3 is 4.74 Å². The molecule has 33 heavy (non-hydrogen) atoms. The van der Waals surface area contributed by atoms with E-state index in [0.717, 1.165) is 10.5 Å². The maximum Gasteiger partial charge on any atom is 0.335 e. The van der Waals surface area contributed by atoms with Gasteiger partial charge >= 0.3 is 6.03 Å². The Balaban J connectivity index is 1.53. The van der Waals surface area contributed by atoms with Gasteiger partial charge in [-0.2, -0.15) is 0 Å². The Morgan fingerprint density at radius 2 is 1.67 bits per heavy atom. The monoisotopic (exact) mass is 443 g/mol. The van der Waals surface area contributed by atoms with E-state index in [1.807, 2.05) is 0 Å². The average Bonchev–Trinajstić information content (AvgIpc) is 2.81. The SMILES string of the molecule is O=C1NC(=O)N(c2ccccc2)C(=O)/C1=C\c1cccc(OCc2ccc([N+](=O)[O-])cc2)c1. The standard InChI is InChI=1S/C24H17N3O6/c28-22-21(23(29)26(24(30)25-22)18-6-2-1-3-7-18)14-17-5-4-8-20(13-17)33-15-16-9-11-19(12-10-16)27(31)32/h1-14H,15H2,(H,25,28,30)/b21-14-. The normalized spacial score (nSPS) is 14.8. The third-order valence-corrected chi connectivity index (χ3v) is 4.84. The highest BCUT2D eigenvalue weighted by Crippen LogP contribution is 2.23. The fourth-order valence-electron chi connectivity index (χ4n) is 3.21. The van der Waals surface area contributed by atoms with Crippen molar-refractivity contribution in [3.63, 3.8) is 0 Å². The smallest absolute Gasteiger partial charge is 0.335 e. The molecule has 1 saturated heterocycles. The van der Waals surface area contributed by atoms with E-state index in [1.165, 1.54) is 18.2 Å². The maximum absolute atomic E-state index is 12.9. The summed E-state index contributed by atoms with van der Waals surface area (Å²) in [5.41, 5.74) is 1.41. The highest BCUT2D eigenvalue weighted by Gasteiger charge is 2.36. The summed E-state index contributed by atoms with van der Waals surface area (Å²) in [6, 6.07) is 20.2. The number of hydrogen-bond donors (Lipinski definition) is 1. The molecule has 0 bridgehead atoms. The molecule has 9 nitrogen and oxygen atoms in total. The van der Waals surface area contributed by atoms with Gasteiger partial charge in [0.25, 0.3) is 17.5 Å². The van der Waals surface area contributed by atoms with Crippen LogP contribution in [-0.4, -0.2) is 22.8 Å². The lowest BCUT2D eigenvalue weighted by molar-refractivity contribution is -0.384. The van der Waals surface area contributed by atoms with Crippen LogP contribution in [0.25, 0.3) is 6.08 Å². The summed E-state index contributed by atoms with van der Waals surface area (Å²) in [5.74, 6) is -1.04. The minimum atomic E-state index is -0.812. The third kappa shape index (κ3) is 4.77. The Labute approximate surface area is 188 Å². The molecule has 1 fully saturated rings. The molecule has 4 amide bonds. The number of para-hydroxylation sites is 1. The lowest BCUT2D eigenvalue weighted by Crippen LogP contribution is -2.54. The van der Waals surface area contributed by atoms with Gasteiger partial charge in [-0.05, 0) is 53.6 Å². The number of hydrogen-bond acceptors (Lipinski definition) is 6. The summed E-state index contributed by atoms with van der Waals surface area (Å²) in [7, 11) is 0. The number of anilines is 1. The molecule has 1 aliphatic rings. The number of nitro benzene ring substituents is 1. The van der Waals surface area contributed by atoms with E-state index in [9.17, 15) is 24.5 Å². The second kappa shape index (κ2) is 9.15. The van der Waals surface area contributed by atoms with Crippen molar-refractivity contribution in [2.75, 3.05) is 4.90 Å². The number of ether oxygens (including phenoxy) is 1. The van der Waals surface area contributed by atoms with Crippen LogP contribution in [0, 0.1) is 10.1 Å². The first-order valence-electron chi connectivity index (χ1n) is 9.85. The Morgan fingerprint density at radius 1 is 0.939 bits per heavy atom. The van der Waals surface area contributed by atoms with Crippen LogP contribution in [0.1, 0.15) is 11.1 Å². The lowest BCUT2D eigenvalue weighted by atomic mass is 10.1. The fraction of sp³-hybridized carbons (Fsp3) is 0.0417. The summed E-state index contributed by atoms with van der Waals surface area (Å²) in [6.45, 7) is 0.174. The predicted octanol–water partition coefficient (Wildman–Crippen LogP) is 3.84. The first-order chi connectivity index (χ1) is 15.9. The summed E-state index contributed by atoms with van der Waals surface area (Å²) in [4.78, 5) is 48.7. The molecule has 0 aliphatic carbocycles. The number of urea groups is 1. The van der Waals surface area contributed by atoms with Crippen LogP contribution in [-0.2, 0) is 16.2 Å². The number of carbonyl (C=O) groups is 3. The number of imide groups is 2. The molecule has 0 aromatic heterocycles. The molecule has 1 N–H and O–H groups in total. The van der Waals surface area contributed by atoms with Crippen LogP contribution in [0.4, 0.5) is 16.2 Å². The van der Waals surface area contributed by atoms with E-state index < -0.39 is 22.8 Å². The van der Waals surface area contributed by atoms with E-state index in [4.69, 9.17) is 4.74 Å². The molecule has 0 radical (unpaired) electrons. The molecule has 0 spiro atoms. The number of barbiturate groups is 1. The van der Waals surface area contributed by atoms with Gasteiger partial charge in [-0.1, -0.05) is 30.3 Å². The number of nitrogens with one attached hydrogen (secondary N) is 1. The number of rotatable bonds is 6. The molecule has 0 saturated carbocycles.